The van der Waals surface area contributed by atoms with Gasteiger partial charge in [-0.25, -0.2) is 9.97 Å². The maximum absolute atomic E-state index is 4.99. The Labute approximate surface area is 104 Å². The Bertz CT molecular complexity index is 355. The van der Waals surface area contributed by atoms with E-state index in [1.54, 1.807) is 7.11 Å². The molecular weight excluding hydrogens is 270 g/mol. The summed E-state index contributed by atoms with van der Waals surface area (Å²) in [4.78, 5) is 8.88. The molecule has 4 nitrogen and oxygen atoms in total. The van der Waals surface area contributed by atoms with Gasteiger partial charge in [0, 0.05) is 32.2 Å². The zero-order valence-electron chi connectivity index (χ0n) is 9.37. The van der Waals surface area contributed by atoms with Gasteiger partial charge >= 0.3 is 0 Å². The Morgan fingerprint density at radius 1 is 1.50 bits per heavy atom. The maximum atomic E-state index is 4.99. The van der Waals surface area contributed by atoms with Crippen LogP contribution in [0.4, 0.5) is 5.82 Å². The Kier molecular flexibility index (Phi) is 4.12. The molecule has 0 spiro atoms. The van der Waals surface area contributed by atoms with E-state index in [2.05, 4.69) is 31.2 Å². The fraction of sp³-hybridized carbons (Fsp3) is 0.636. The first-order chi connectivity index (χ1) is 7.79. The number of hydrogen-bond acceptors (Lipinski definition) is 4. The van der Waals surface area contributed by atoms with Gasteiger partial charge in [0.1, 0.15) is 16.2 Å². The largest absolute Gasteiger partial charge is 0.385 e. The van der Waals surface area contributed by atoms with Gasteiger partial charge in [-0.05, 0) is 35.2 Å². The molecule has 1 aliphatic carbocycles. The van der Waals surface area contributed by atoms with E-state index in [1.165, 1.54) is 12.8 Å². The Morgan fingerprint density at radius 3 is 3.00 bits per heavy atom. The Morgan fingerprint density at radius 2 is 2.31 bits per heavy atom. The standard InChI is InChI=1S/C11H16BrN3O/c1-16-6-2-5-13-10-7-9(12)14-11(15-10)8-3-4-8/h7-8H,2-6H2,1H3,(H,13,14,15). The summed E-state index contributed by atoms with van der Waals surface area (Å²) in [6, 6.07) is 1.92. The van der Waals surface area contributed by atoms with Crippen LogP contribution in [0.3, 0.4) is 0 Å². The van der Waals surface area contributed by atoms with Crippen molar-refractivity contribution in [2.24, 2.45) is 0 Å². The van der Waals surface area contributed by atoms with Crippen LogP contribution in [0.5, 0.6) is 0 Å². The highest BCUT2D eigenvalue weighted by atomic mass is 79.9. The fourth-order valence-electron chi connectivity index (χ4n) is 1.48. The summed E-state index contributed by atoms with van der Waals surface area (Å²) in [6.07, 6.45) is 3.43. The van der Waals surface area contributed by atoms with Crippen molar-refractivity contribution in [2.75, 3.05) is 25.6 Å². The van der Waals surface area contributed by atoms with Crippen LogP contribution in [0.2, 0.25) is 0 Å². The van der Waals surface area contributed by atoms with E-state index in [9.17, 15) is 0 Å². The third kappa shape index (κ3) is 3.42. The van der Waals surface area contributed by atoms with Gasteiger partial charge in [-0.2, -0.15) is 0 Å². The zero-order valence-corrected chi connectivity index (χ0v) is 11.0. The van der Waals surface area contributed by atoms with Crippen molar-refractivity contribution in [2.45, 2.75) is 25.2 Å². The van der Waals surface area contributed by atoms with Crippen LogP contribution < -0.4 is 5.32 Å². The molecule has 88 valence electrons. The smallest absolute Gasteiger partial charge is 0.135 e. The minimum Gasteiger partial charge on any atom is -0.385 e. The average Bonchev–Trinajstić information content (AvgIpc) is 3.07. The molecule has 0 amide bonds. The summed E-state index contributed by atoms with van der Waals surface area (Å²) < 4.78 is 5.85. The average molecular weight is 286 g/mol. The number of anilines is 1. The second-order valence-corrected chi connectivity index (χ2v) is 4.79. The lowest BCUT2D eigenvalue weighted by molar-refractivity contribution is 0.197. The third-order valence-electron chi connectivity index (χ3n) is 2.49. The Balaban J connectivity index is 1.92. The SMILES string of the molecule is COCCCNc1cc(Br)nc(C2CC2)n1. The first-order valence-electron chi connectivity index (χ1n) is 5.57. The van der Waals surface area contributed by atoms with Gasteiger partial charge in [0.2, 0.25) is 0 Å². The quantitative estimate of drug-likeness (QED) is 0.645. The van der Waals surface area contributed by atoms with Crippen LogP contribution in [0.25, 0.3) is 0 Å². The molecule has 1 fully saturated rings. The summed E-state index contributed by atoms with van der Waals surface area (Å²) in [5.41, 5.74) is 0. The molecule has 0 aromatic carbocycles. The molecule has 5 heteroatoms. The van der Waals surface area contributed by atoms with Crippen molar-refractivity contribution in [3.63, 3.8) is 0 Å². The predicted molar refractivity (Wildman–Crippen MR) is 66.7 cm³/mol. The van der Waals surface area contributed by atoms with E-state index >= 15 is 0 Å². The van der Waals surface area contributed by atoms with Crippen LogP contribution in [0, 0.1) is 0 Å². The summed E-state index contributed by atoms with van der Waals surface area (Å²) in [7, 11) is 1.71. The normalized spacial score (nSPS) is 15.1. The van der Waals surface area contributed by atoms with Crippen molar-refractivity contribution in [1.29, 1.82) is 0 Å². The lowest BCUT2D eigenvalue weighted by atomic mass is 10.4. The molecule has 0 bridgehead atoms. The first-order valence-corrected chi connectivity index (χ1v) is 6.36. The topological polar surface area (TPSA) is 47.0 Å². The van der Waals surface area contributed by atoms with Crippen molar-refractivity contribution in [3.8, 4) is 0 Å². The van der Waals surface area contributed by atoms with Crippen molar-refractivity contribution >= 4 is 21.7 Å². The monoisotopic (exact) mass is 285 g/mol. The number of aromatic nitrogens is 2. The van der Waals surface area contributed by atoms with Gasteiger partial charge in [0.25, 0.3) is 0 Å². The number of ether oxygens (including phenoxy) is 1. The molecule has 1 N–H and O–H groups in total. The molecule has 1 aromatic heterocycles. The summed E-state index contributed by atoms with van der Waals surface area (Å²) in [6.45, 7) is 1.65. The number of methoxy groups -OCH3 is 1. The number of halogens is 1. The van der Waals surface area contributed by atoms with Crippen LogP contribution in [0.15, 0.2) is 10.7 Å². The number of rotatable bonds is 6. The predicted octanol–water partition coefficient (Wildman–Crippen LogP) is 2.56. The lowest BCUT2D eigenvalue weighted by Crippen LogP contribution is -2.07. The summed E-state index contributed by atoms with van der Waals surface area (Å²) in [5, 5.41) is 3.28. The van der Waals surface area contributed by atoms with Crippen molar-refractivity contribution < 1.29 is 4.74 Å². The number of hydrogen-bond donors (Lipinski definition) is 1. The first kappa shape index (κ1) is 11.8. The molecule has 16 heavy (non-hydrogen) atoms. The molecule has 0 aliphatic heterocycles. The molecule has 1 heterocycles. The molecule has 1 aliphatic rings. The van der Waals surface area contributed by atoms with Gasteiger partial charge in [0.15, 0.2) is 0 Å². The van der Waals surface area contributed by atoms with E-state index in [1.807, 2.05) is 6.07 Å². The molecule has 1 saturated carbocycles. The molecule has 0 unspecified atom stereocenters. The van der Waals surface area contributed by atoms with Crippen LogP contribution in [-0.4, -0.2) is 30.2 Å². The van der Waals surface area contributed by atoms with E-state index < -0.39 is 0 Å². The highest BCUT2D eigenvalue weighted by Gasteiger charge is 2.27. The second-order valence-electron chi connectivity index (χ2n) is 3.98. The van der Waals surface area contributed by atoms with Crippen LogP contribution in [0.1, 0.15) is 31.0 Å². The highest BCUT2D eigenvalue weighted by molar-refractivity contribution is 9.10. The fourth-order valence-corrected chi connectivity index (χ4v) is 1.88. The van der Waals surface area contributed by atoms with Gasteiger partial charge in [-0.3, -0.25) is 0 Å². The van der Waals surface area contributed by atoms with Gasteiger partial charge < -0.3 is 10.1 Å². The molecule has 0 saturated heterocycles. The third-order valence-corrected chi connectivity index (χ3v) is 2.89. The second kappa shape index (κ2) is 5.59. The number of nitrogens with zero attached hydrogens (tertiary/aromatic N) is 2. The minimum absolute atomic E-state index is 0.581. The Hall–Kier alpha value is -0.680. The van der Waals surface area contributed by atoms with E-state index in [0.29, 0.717) is 5.92 Å². The summed E-state index contributed by atoms with van der Waals surface area (Å²) in [5.74, 6) is 2.44. The molecule has 0 atom stereocenters. The van der Waals surface area contributed by atoms with Crippen molar-refractivity contribution in [3.05, 3.63) is 16.5 Å². The van der Waals surface area contributed by atoms with Gasteiger partial charge in [-0.1, -0.05) is 0 Å². The van der Waals surface area contributed by atoms with Crippen LogP contribution in [-0.2, 0) is 4.74 Å². The zero-order chi connectivity index (χ0) is 11.4. The van der Waals surface area contributed by atoms with E-state index in [4.69, 9.17) is 4.74 Å². The van der Waals surface area contributed by atoms with E-state index in [-0.39, 0.29) is 0 Å². The molecule has 0 radical (unpaired) electrons. The maximum Gasteiger partial charge on any atom is 0.135 e. The highest BCUT2D eigenvalue weighted by Crippen LogP contribution is 2.38. The molecule has 2 rings (SSSR count). The van der Waals surface area contributed by atoms with E-state index in [0.717, 1.165) is 35.8 Å². The number of nitrogens with one attached hydrogen (secondary N) is 1. The van der Waals surface area contributed by atoms with Crippen molar-refractivity contribution in [1.82, 2.24) is 9.97 Å². The van der Waals surface area contributed by atoms with Crippen LogP contribution >= 0.6 is 15.9 Å². The summed E-state index contributed by atoms with van der Waals surface area (Å²) >= 11 is 3.42. The van der Waals surface area contributed by atoms with Gasteiger partial charge in [0.05, 0.1) is 0 Å². The molecule has 1 aromatic rings. The van der Waals surface area contributed by atoms with Gasteiger partial charge in [-0.15, -0.1) is 0 Å². The molecular formula is C11H16BrN3O. The minimum atomic E-state index is 0.581. The lowest BCUT2D eigenvalue weighted by Gasteiger charge is -2.07.